The first-order chi connectivity index (χ1) is 10.3. The Balaban J connectivity index is 2.01. The van der Waals surface area contributed by atoms with Crippen LogP contribution in [0.5, 0.6) is 0 Å². The second kappa shape index (κ2) is 7.10. The van der Waals surface area contributed by atoms with Crippen molar-refractivity contribution in [3.05, 3.63) is 17.0 Å². The minimum absolute atomic E-state index is 0.0619. The van der Waals surface area contributed by atoms with Gasteiger partial charge in [-0.3, -0.25) is 4.79 Å². The molecule has 0 saturated carbocycles. The molecule has 1 amide bonds. The van der Waals surface area contributed by atoms with Gasteiger partial charge in [0.25, 0.3) is 10.0 Å². The number of hydrogen-bond acceptors (Lipinski definition) is 4. The SMILES string of the molecule is CC(C)C(C)NC(=O)Cc1ccc(S(=O)(=O)N2CCCC2)s1. The highest BCUT2D eigenvalue weighted by molar-refractivity contribution is 7.91. The molecule has 2 heterocycles. The van der Waals surface area contributed by atoms with Gasteiger partial charge in [-0.25, -0.2) is 8.42 Å². The van der Waals surface area contributed by atoms with Gasteiger partial charge in [0.2, 0.25) is 5.91 Å². The lowest BCUT2D eigenvalue weighted by Crippen LogP contribution is -2.36. The second-order valence-electron chi connectivity index (χ2n) is 6.11. The van der Waals surface area contributed by atoms with Gasteiger partial charge in [-0.15, -0.1) is 11.3 Å². The number of nitrogens with one attached hydrogen (secondary N) is 1. The van der Waals surface area contributed by atoms with Gasteiger partial charge in [-0.2, -0.15) is 4.31 Å². The molecule has 1 saturated heterocycles. The largest absolute Gasteiger partial charge is 0.353 e. The van der Waals surface area contributed by atoms with Crippen LogP contribution >= 0.6 is 11.3 Å². The molecule has 7 heteroatoms. The molecule has 5 nitrogen and oxygen atoms in total. The zero-order valence-corrected chi connectivity index (χ0v) is 15.0. The van der Waals surface area contributed by atoms with Crippen molar-refractivity contribution in [2.24, 2.45) is 5.92 Å². The lowest BCUT2D eigenvalue weighted by atomic mass is 10.1. The normalized spacial score (nSPS) is 17.8. The fourth-order valence-corrected chi connectivity index (χ4v) is 5.30. The van der Waals surface area contributed by atoms with Gasteiger partial charge in [0, 0.05) is 24.0 Å². The topological polar surface area (TPSA) is 66.5 Å². The van der Waals surface area contributed by atoms with Crippen molar-refractivity contribution in [3.8, 4) is 0 Å². The molecule has 1 aromatic heterocycles. The number of thiophene rings is 1. The minimum atomic E-state index is -3.37. The standard InChI is InChI=1S/C15H24N2O3S2/c1-11(2)12(3)16-14(18)10-13-6-7-15(21-13)22(19,20)17-8-4-5-9-17/h6-7,11-12H,4-5,8-10H2,1-3H3,(H,16,18). The molecule has 0 aliphatic carbocycles. The predicted molar refractivity (Wildman–Crippen MR) is 88.5 cm³/mol. The quantitative estimate of drug-likeness (QED) is 0.860. The number of rotatable bonds is 6. The molecule has 0 spiro atoms. The van der Waals surface area contributed by atoms with E-state index in [1.54, 1.807) is 12.1 Å². The molecule has 0 bridgehead atoms. The van der Waals surface area contributed by atoms with E-state index in [0.29, 0.717) is 23.2 Å². The van der Waals surface area contributed by atoms with Gasteiger partial charge in [-0.1, -0.05) is 13.8 Å². The van der Waals surface area contributed by atoms with Gasteiger partial charge in [-0.05, 0) is 37.8 Å². The molecule has 2 rings (SSSR count). The summed E-state index contributed by atoms with van der Waals surface area (Å²) in [6.07, 6.45) is 2.08. The summed E-state index contributed by atoms with van der Waals surface area (Å²) >= 11 is 1.20. The van der Waals surface area contributed by atoms with E-state index in [1.807, 2.05) is 6.92 Å². The molecular formula is C15H24N2O3S2. The summed E-state index contributed by atoms with van der Waals surface area (Å²) in [7, 11) is -3.37. The van der Waals surface area contributed by atoms with Crippen LogP contribution in [-0.4, -0.2) is 37.8 Å². The first-order valence-electron chi connectivity index (χ1n) is 7.69. The Kier molecular flexibility index (Phi) is 5.63. The Morgan fingerprint density at radius 1 is 1.27 bits per heavy atom. The summed E-state index contributed by atoms with van der Waals surface area (Å²) in [4.78, 5) is 12.8. The van der Waals surface area contributed by atoms with Gasteiger partial charge >= 0.3 is 0 Å². The fraction of sp³-hybridized carbons (Fsp3) is 0.667. The van der Waals surface area contributed by atoms with Gasteiger partial charge in [0.15, 0.2) is 0 Å². The highest BCUT2D eigenvalue weighted by Crippen LogP contribution is 2.27. The van der Waals surface area contributed by atoms with Crippen LogP contribution in [0, 0.1) is 5.92 Å². The van der Waals surface area contributed by atoms with Crippen LogP contribution in [0.4, 0.5) is 0 Å². The van der Waals surface area contributed by atoms with E-state index in [0.717, 1.165) is 17.7 Å². The number of carbonyl (C=O) groups is 1. The van der Waals surface area contributed by atoms with E-state index in [9.17, 15) is 13.2 Å². The molecule has 124 valence electrons. The number of nitrogens with zero attached hydrogens (tertiary/aromatic N) is 1. The Hall–Kier alpha value is -0.920. The maximum absolute atomic E-state index is 12.4. The molecule has 1 aliphatic heterocycles. The Morgan fingerprint density at radius 2 is 1.91 bits per heavy atom. The highest BCUT2D eigenvalue weighted by Gasteiger charge is 2.28. The van der Waals surface area contributed by atoms with E-state index in [1.165, 1.54) is 15.6 Å². The third kappa shape index (κ3) is 4.08. The fourth-order valence-electron chi connectivity index (χ4n) is 2.28. The maximum Gasteiger partial charge on any atom is 0.252 e. The first-order valence-corrected chi connectivity index (χ1v) is 9.94. The molecule has 1 fully saturated rings. The number of sulfonamides is 1. The minimum Gasteiger partial charge on any atom is -0.353 e. The third-order valence-corrected chi connectivity index (χ3v) is 7.47. The summed E-state index contributed by atoms with van der Waals surface area (Å²) in [5.41, 5.74) is 0. The first kappa shape index (κ1) is 17.4. The summed E-state index contributed by atoms with van der Waals surface area (Å²) in [6, 6.07) is 3.47. The van der Waals surface area contributed by atoms with E-state index >= 15 is 0 Å². The van der Waals surface area contributed by atoms with Crippen molar-refractivity contribution in [2.75, 3.05) is 13.1 Å². The molecule has 1 aromatic rings. The van der Waals surface area contributed by atoms with Crippen LogP contribution in [-0.2, 0) is 21.2 Å². The third-order valence-electron chi connectivity index (χ3n) is 4.02. The van der Waals surface area contributed by atoms with Gasteiger partial charge < -0.3 is 5.32 Å². The van der Waals surface area contributed by atoms with Crippen molar-refractivity contribution in [2.45, 2.75) is 50.3 Å². The monoisotopic (exact) mass is 344 g/mol. The van der Waals surface area contributed by atoms with Crippen molar-refractivity contribution in [1.82, 2.24) is 9.62 Å². The van der Waals surface area contributed by atoms with Crippen molar-refractivity contribution in [1.29, 1.82) is 0 Å². The molecule has 0 aromatic carbocycles. The van der Waals surface area contributed by atoms with Crippen molar-refractivity contribution < 1.29 is 13.2 Å². The van der Waals surface area contributed by atoms with Gasteiger partial charge in [0.1, 0.15) is 4.21 Å². The number of carbonyl (C=O) groups excluding carboxylic acids is 1. The molecule has 0 radical (unpaired) electrons. The Morgan fingerprint density at radius 3 is 2.50 bits per heavy atom. The molecule has 1 aliphatic rings. The molecule has 22 heavy (non-hydrogen) atoms. The lowest BCUT2D eigenvalue weighted by molar-refractivity contribution is -0.121. The highest BCUT2D eigenvalue weighted by atomic mass is 32.2. The van der Waals surface area contributed by atoms with Crippen molar-refractivity contribution >= 4 is 27.3 Å². The molecule has 1 N–H and O–H groups in total. The molecule has 1 unspecified atom stereocenters. The van der Waals surface area contributed by atoms with E-state index < -0.39 is 10.0 Å². The Bertz CT molecular complexity index is 616. The molecule has 1 atom stereocenters. The van der Waals surface area contributed by atoms with Crippen LogP contribution < -0.4 is 5.32 Å². The van der Waals surface area contributed by atoms with Crippen LogP contribution in [0.15, 0.2) is 16.3 Å². The van der Waals surface area contributed by atoms with E-state index in [4.69, 9.17) is 0 Å². The van der Waals surface area contributed by atoms with Crippen LogP contribution in [0.25, 0.3) is 0 Å². The average molecular weight is 345 g/mol. The van der Waals surface area contributed by atoms with E-state index in [-0.39, 0.29) is 18.4 Å². The zero-order chi connectivity index (χ0) is 16.3. The van der Waals surface area contributed by atoms with Crippen LogP contribution in [0.2, 0.25) is 0 Å². The maximum atomic E-state index is 12.4. The smallest absolute Gasteiger partial charge is 0.252 e. The number of amides is 1. The summed E-state index contributed by atoms with van der Waals surface area (Å²) in [6.45, 7) is 7.28. The zero-order valence-electron chi connectivity index (χ0n) is 13.3. The van der Waals surface area contributed by atoms with Crippen LogP contribution in [0.1, 0.15) is 38.5 Å². The van der Waals surface area contributed by atoms with E-state index in [2.05, 4.69) is 19.2 Å². The summed E-state index contributed by atoms with van der Waals surface area (Å²) in [5, 5.41) is 2.94. The van der Waals surface area contributed by atoms with Crippen molar-refractivity contribution in [3.63, 3.8) is 0 Å². The summed E-state index contributed by atoms with van der Waals surface area (Å²) in [5.74, 6) is 0.312. The Labute approximate surface area is 136 Å². The number of hydrogen-bond donors (Lipinski definition) is 1. The van der Waals surface area contributed by atoms with Gasteiger partial charge in [0.05, 0.1) is 6.42 Å². The lowest BCUT2D eigenvalue weighted by Gasteiger charge is -2.17. The predicted octanol–water partition coefficient (Wildman–Crippen LogP) is 2.24. The summed E-state index contributed by atoms with van der Waals surface area (Å²) < 4.78 is 26.7. The van der Waals surface area contributed by atoms with Crippen LogP contribution in [0.3, 0.4) is 0 Å². The molecular weight excluding hydrogens is 320 g/mol. The second-order valence-corrected chi connectivity index (χ2v) is 9.44. The average Bonchev–Trinajstić information content (AvgIpc) is 3.09.